The summed E-state index contributed by atoms with van der Waals surface area (Å²) in [6, 6.07) is 9.51. The van der Waals surface area contributed by atoms with E-state index in [0.717, 1.165) is 10.9 Å². The highest BCUT2D eigenvalue weighted by molar-refractivity contribution is 5.97. The number of rotatable bonds is 3. The fourth-order valence-corrected chi connectivity index (χ4v) is 1.72. The molecule has 0 saturated heterocycles. The Labute approximate surface area is 99.1 Å². The van der Waals surface area contributed by atoms with Gasteiger partial charge < -0.3 is 14.0 Å². The van der Waals surface area contributed by atoms with Gasteiger partial charge in [-0.3, -0.25) is 0 Å². The van der Waals surface area contributed by atoms with E-state index in [-0.39, 0.29) is 5.97 Å². The van der Waals surface area contributed by atoms with E-state index in [1.165, 1.54) is 13.4 Å². The molecular formula is C13H13NO3. The van der Waals surface area contributed by atoms with E-state index in [0.29, 0.717) is 5.69 Å². The minimum Gasteiger partial charge on any atom is -0.503 e. The predicted molar refractivity (Wildman–Crippen MR) is 65.6 cm³/mol. The number of aromatic nitrogens is 1. The highest BCUT2D eigenvalue weighted by Crippen LogP contribution is 2.20. The molecule has 0 aliphatic heterocycles. The number of hydrogen-bond donors (Lipinski definition) is 0. The zero-order valence-electron chi connectivity index (χ0n) is 9.71. The van der Waals surface area contributed by atoms with Gasteiger partial charge >= 0.3 is 5.97 Å². The average molecular weight is 231 g/mol. The van der Waals surface area contributed by atoms with Crippen molar-refractivity contribution in [1.29, 1.82) is 0 Å². The number of carbonyl (C=O) groups is 1. The summed E-state index contributed by atoms with van der Waals surface area (Å²) in [6.07, 6.45) is 3.20. The highest BCUT2D eigenvalue weighted by atomic mass is 16.5. The molecule has 2 rings (SSSR count). The number of fused-ring (bicyclic) bond motifs is 1. The van der Waals surface area contributed by atoms with Gasteiger partial charge in [-0.1, -0.05) is 18.2 Å². The SMILES string of the molecule is COC=Cn1c(C(=O)OC)cc2ccccc21. The maximum Gasteiger partial charge on any atom is 0.355 e. The van der Waals surface area contributed by atoms with Crippen LogP contribution in [0.1, 0.15) is 10.5 Å². The second-order valence-corrected chi connectivity index (χ2v) is 3.47. The van der Waals surface area contributed by atoms with E-state index in [2.05, 4.69) is 0 Å². The van der Waals surface area contributed by atoms with Crippen LogP contribution in [0.2, 0.25) is 0 Å². The third-order valence-corrected chi connectivity index (χ3v) is 2.49. The number of benzene rings is 1. The zero-order chi connectivity index (χ0) is 12.3. The lowest BCUT2D eigenvalue weighted by Gasteiger charge is -2.03. The summed E-state index contributed by atoms with van der Waals surface area (Å²) in [4.78, 5) is 11.6. The molecule has 4 heteroatoms. The third kappa shape index (κ3) is 2.01. The number of hydrogen-bond acceptors (Lipinski definition) is 3. The quantitative estimate of drug-likeness (QED) is 0.602. The Bertz CT molecular complexity index is 569. The number of carbonyl (C=O) groups excluding carboxylic acids is 1. The molecule has 17 heavy (non-hydrogen) atoms. The van der Waals surface area contributed by atoms with Crippen LogP contribution in [0.25, 0.3) is 17.1 Å². The lowest BCUT2D eigenvalue weighted by atomic mass is 10.2. The lowest BCUT2D eigenvalue weighted by molar-refractivity contribution is 0.0592. The van der Waals surface area contributed by atoms with Gasteiger partial charge in [0.1, 0.15) is 5.69 Å². The zero-order valence-corrected chi connectivity index (χ0v) is 9.71. The molecule has 0 fully saturated rings. The first-order valence-corrected chi connectivity index (χ1v) is 5.15. The predicted octanol–water partition coefficient (Wildman–Crippen LogP) is 2.50. The molecular weight excluding hydrogens is 218 g/mol. The number of ether oxygens (including phenoxy) is 2. The maximum atomic E-state index is 11.6. The normalized spacial score (nSPS) is 10.9. The lowest BCUT2D eigenvalue weighted by Crippen LogP contribution is -2.06. The van der Waals surface area contributed by atoms with Gasteiger partial charge in [-0.05, 0) is 12.1 Å². The first kappa shape index (κ1) is 11.3. The van der Waals surface area contributed by atoms with E-state index in [4.69, 9.17) is 9.47 Å². The summed E-state index contributed by atoms with van der Waals surface area (Å²) in [6.45, 7) is 0. The highest BCUT2D eigenvalue weighted by Gasteiger charge is 2.13. The van der Waals surface area contributed by atoms with Crippen LogP contribution in [0, 0.1) is 0 Å². The Hall–Kier alpha value is -2.23. The van der Waals surface area contributed by atoms with Crippen molar-refractivity contribution in [1.82, 2.24) is 4.57 Å². The summed E-state index contributed by atoms with van der Waals surface area (Å²) in [5.74, 6) is -0.373. The molecule has 0 atom stereocenters. The van der Waals surface area contributed by atoms with Crippen LogP contribution >= 0.6 is 0 Å². The van der Waals surface area contributed by atoms with Gasteiger partial charge in [0, 0.05) is 11.6 Å². The van der Waals surface area contributed by atoms with Gasteiger partial charge in [0.2, 0.25) is 0 Å². The number of esters is 1. The first-order valence-electron chi connectivity index (χ1n) is 5.15. The maximum absolute atomic E-state index is 11.6. The van der Waals surface area contributed by atoms with Gasteiger partial charge in [-0.15, -0.1) is 0 Å². The topological polar surface area (TPSA) is 40.5 Å². The van der Waals surface area contributed by atoms with Crippen LogP contribution in [0.4, 0.5) is 0 Å². The number of nitrogens with zero attached hydrogens (tertiary/aromatic N) is 1. The summed E-state index contributed by atoms with van der Waals surface area (Å²) in [7, 11) is 2.92. The van der Waals surface area contributed by atoms with E-state index >= 15 is 0 Å². The molecule has 0 aliphatic rings. The molecule has 0 bridgehead atoms. The van der Waals surface area contributed by atoms with Crippen LogP contribution in [-0.4, -0.2) is 24.8 Å². The molecule has 1 heterocycles. The molecule has 2 aromatic rings. The molecule has 0 unspecified atom stereocenters. The first-order chi connectivity index (χ1) is 8.27. The third-order valence-electron chi connectivity index (χ3n) is 2.49. The second kappa shape index (κ2) is 4.74. The van der Waals surface area contributed by atoms with E-state index < -0.39 is 0 Å². The molecule has 1 aromatic carbocycles. The van der Waals surface area contributed by atoms with Crippen LogP contribution in [0.3, 0.4) is 0 Å². The van der Waals surface area contributed by atoms with Crippen LogP contribution in [0.5, 0.6) is 0 Å². The van der Waals surface area contributed by atoms with Crippen molar-refractivity contribution in [2.45, 2.75) is 0 Å². The Morgan fingerprint density at radius 2 is 2.06 bits per heavy atom. The smallest absolute Gasteiger partial charge is 0.355 e. The minimum absolute atomic E-state index is 0.373. The monoisotopic (exact) mass is 231 g/mol. The average Bonchev–Trinajstić information content (AvgIpc) is 2.74. The Kier molecular flexibility index (Phi) is 3.14. The Morgan fingerprint density at radius 1 is 1.29 bits per heavy atom. The number of methoxy groups -OCH3 is 2. The van der Waals surface area contributed by atoms with Gasteiger partial charge in [0.25, 0.3) is 0 Å². The Morgan fingerprint density at radius 3 is 2.76 bits per heavy atom. The molecule has 0 radical (unpaired) electrons. The van der Waals surface area contributed by atoms with Gasteiger partial charge in [-0.2, -0.15) is 0 Å². The largest absolute Gasteiger partial charge is 0.503 e. The summed E-state index contributed by atoms with van der Waals surface area (Å²) in [5.41, 5.74) is 1.41. The van der Waals surface area contributed by atoms with E-state index in [1.54, 1.807) is 23.9 Å². The van der Waals surface area contributed by atoms with Gasteiger partial charge in [-0.25, -0.2) is 4.79 Å². The molecule has 0 amide bonds. The molecule has 0 spiro atoms. The van der Waals surface area contributed by atoms with Crippen molar-refractivity contribution in [3.63, 3.8) is 0 Å². The van der Waals surface area contributed by atoms with Crippen molar-refractivity contribution >= 4 is 23.1 Å². The fourth-order valence-electron chi connectivity index (χ4n) is 1.72. The molecule has 4 nitrogen and oxygen atoms in total. The van der Waals surface area contributed by atoms with E-state index in [1.807, 2.05) is 24.3 Å². The van der Waals surface area contributed by atoms with Crippen molar-refractivity contribution < 1.29 is 14.3 Å². The van der Waals surface area contributed by atoms with Crippen molar-refractivity contribution in [2.75, 3.05) is 14.2 Å². The standard InChI is InChI=1S/C13H13NO3/c1-16-8-7-14-11-6-4-3-5-10(11)9-12(14)13(15)17-2/h3-9H,1-2H3. The molecule has 0 saturated carbocycles. The Balaban J connectivity index is 2.65. The molecule has 1 aromatic heterocycles. The molecule has 0 N–H and O–H groups in total. The van der Waals surface area contributed by atoms with Crippen LogP contribution in [0.15, 0.2) is 36.6 Å². The van der Waals surface area contributed by atoms with Crippen LogP contribution in [-0.2, 0) is 9.47 Å². The number of para-hydroxylation sites is 1. The van der Waals surface area contributed by atoms with Gasteiger partial charge in [0.05, 0.1) is 26.0 Å². The van der Waals surface area contributed by atoms with Gasteiger partial charge in [0.15, 0.2) is 0 Å². The van der Waals surface area contributed by atoms with E-state index in [9.17, 15) is 4.79 Å². The van der Waals surface area contributed by atoms with Crippen molar-refractivity contribution in [3.05, 3.63) is 42.3 Å². The summed E-state index contributed by atoms with van der Waals surface area (Å²) < 4.78 is 11.4. The second-order valence-electron chi connectivity index (χ2n) is 3.47. The fraction of sp³-hybridized carbons (Fsp3) is 0.154. The van der Waals surface area contributed by atoms with Crippen molar-refractivity contribution in [2.24, 2.45) is 0 Å². The van der Waals surface area contributed by atoms with Crippen LogP contribution < -0.4 is 0 Å². The van der Waals surface area contributed by atoms with Crippen molar-refractivity contribution in [3.8, 4) is 0 Å². The summed E-state index contributed by atoms with van der Waals surface area (Å²) in [5, 5.41) is 0.980. The summed E-state index contributed by atoms with van der Waals surface area (Å²) >= 11 is 0. The molecule has 88 valence electrons. The minimum atomic E-state index is -0.373. The molecule has 0 aliphatic carbocycles.